The van der Waals surface area contributed by atoms with E-state index in [0.717, 1.165) is 16.8 Å². The van der Waals surface area contributed by atoms with E-state index in [1.54, 1.807) is 11.9 Å². The summed E-state index contributed by atoms with van der Waals surface area (Å²) in [6.07, 6.45) is 2.34. The molecule has 0 aliphatic carbocycles. The van der Waals surface area contributed by atoms with Gasteiger partial charge in [0.15, 0.2) is 0 Å². The summed E-state index contributed by atoms with van der Waals surface area (Å²) >= 11 is 1.41. The Morgan fingerprint density at radius 1 is 1.53 bits per heavy atom. The van der Waals surface area contributed by atoms with Crippen LogP contribution in [0.5, 0.6) is 0 Å². The Balaban J connectivity index is 2.42. The average Bonchev–Trinajstić information content (AvgIpc) is 2.53. The molecule has 1 aliphatic rings. The third kappa shape index (κ3) is 1.65. The summed E-state index contributed by atoms with van der Waals surface area (Å²) in [7, 11) is 1.79. The monoisotopic (exact) mass is 220 g/mol. The number of carbonyl (C=O) groups is 1. The summed E-state index contributed by atoms with van der Waals surface area (Å²) in [5, 5.41) is 8.25. The third-order valence-electron chi connectivity index (χ3n) is 2.62. The molecule has 15 heavy (non-hydrogen) atoms. The Morgan fingerprint density at radius 2 is 2.27 bits per heavy atom. The van der Waals surface area contributed by atoms with E-state index >= 15 is 0 Å². The van der Waals surface area contributed by atoms with Crippen molar-refractivity contribution in [2.45, 2.75) is 6.42 Å². The molecule has 1 N–H and O–H groups in total. The van der Waals surface area contributed by atoms with Gasteiger partial charge in [0.2, 0.25) is 5.91 Å². The minimum absolute atomic E-state index is 0.123. The number of hydrogen-bond acceptors (Lipinski definition) is 3. The Morgan fingerprint density at radius 3 is 2.93 bits per heavy atom. The van der Waals surface area contributed by atoms with Crippen LogP contribution in [0.1, 0.15) is 11.1 Å². The van der Waals surface area contributed by atoms with E-state index in [0.29, 0.717) is 11.5 Å². The van der Waals surface area contributed by atoms with Crippen LogP contribution in [0.25, 0.3) is 0 Å². The lowest BCUT2D eigenvalue weighted by Crippen LogP contribution is -2.20. The molecule has 0 spiro atoms. The first-order valence-corrected chi connectivity index (χ1v) is 5.88. The Bertz CT molecular complexity index is 442. The first kappa shape index (κ1) is 10.2. The van der Waals surface area contributed by atoms with Crippen LogP contribution in [0.15, 0.2) is 18.2 Å². The lowest BCUT2D eigenvalue weighted by molar-refractivity contribution is -0.117. The second kappa shape index (κ2) is 3.70. The molecular weight excluding hydrogens is 208 g/mol. The highest BCUT2D eigenvalue weighted by Gasteiger charge is 2.24. The molecule has 0 radical (unpaired) electrons. The summed E-state index contributed by atoms with van der Waals surface area (Å²) in [5.41, 5.74) is 2.89. The highest BCUT2D eigenvalue weighted by Crippen LogP contribution is 2.29. The highest BCUT2D eigenvalue weighted by atomic mass is 32.2. The van der Waals surface area contributed by atoms with Gasteiger partial charge in [-0.2, -0.15) is 0 Å². The second-order valence-electron chi connectivity index (χ2n) is 3.51. The van der Waals surface area contributed by atoms with Crippen LogP contribution in [-0.4, -0.2) is 24.3 Å². The van der Waals surface area contributed by atoms with Crippen LogP contribution in [0.3, 0.4) is 0 Å². The smallest absolute Gasteiger partial charge is 0.231 e. The van der Waals surface area contributed by atoms with Crippen molar-refractivity contribution in [2.24, 2.45) is 0 Å². The lowest BCUT2D eigenvalue weighted by Gasteiger charge is -2.10. The molecule has 1 aromatic carbocycles. The van der Waals surface area contributed by atoms with Crippen LogP contribution in [0.2, 0.25) is 0 Å². The summed E-state index contributed by atoms with van der Waals surface area (Å²) in [5.74, 6) is 0.123. The average molecular weight is 220 g/mol. The number of nitrogens with zero attached hydrogens (tertiary/aromatic N) is 1. The first-order chi connectivity index (χ1) is 7.13. The summed E-state index contributed by atoms with van der Waals surface area (Å²) in [4.78, 5) is 13.1. The van der Waals surface area contributed by atoms with Crippen LogP contribution in [0, 0.1) is 5.41 Å². The van der Waals surface area contributed by atoms with Gasteiger partial charge in [-0.3, -0.25) is 10.2 Å². The molecule has 2 rings (SSSR count). The number of anilines is 1. The molecular formula is C11H12N2OS. The van der Waals surface area contributed by atoms with Crippen molar-refractivity contribution < 1.29 is 4.79 Å². The minimum Gasteiger partial charge on any atom is -0.315 e. The molecule has 1 aliphatic heterocycles. The van der Waals surface area contributed by atoms with Crippen molar-refractivity contribution in [3.05, 3.63) is 29.3 Å². The second-order valence-corrected chi connectivity index (χ2v) is 4.32. The molecule has 0 bridgehead atoms. The van der Waals surface area contributed by atoms with Crippen molar-refractivity contribution in [1.29, 1.82) is 5.41 Å². The number of fused-ring (bicyclic) bond motifs is 1. The van der Waals surface area contributed by atoms with E-state index in [-0.39, 0.29) is 5.91 Å². The van der Waals surface area contributed by atoms with Gasteiger partial charge in [0, 0.05) is 18.3 Å². The van der Waals surface area contributed by atoms with Crippen LogP contribution >= 0.6 is 11.8 Å². The molecule has 0 saturated heterocycles. The van der Waals surface area contributed by atoms with Crippen LogP contribution in [0.4, 0.5) is 5.69 Å². The number of likely N-dealkylation sites (N-methyl/N-ethyl adjacent to an activating group) is 1. The maximum absolute atomic E-state index is 11.4. The molecule has 0 unspecified atom stereocenters. The lowest BCUT2D eigenvalue weighted by atomic mass is 10.1. The van der Waals surface area contributed by atoms with Gasteiger partial charge in [0.05, 0.1) is 11.5 Å². The fraction of sp³-hybridized carbons (Fsp3) is 0.273. The van der Waals surface area contributed by atoms with Crippen molar-refractivity contribution in [3.8, 4) is 0 Å². The van der Waals surface area contributed by atoms with Crippen LogP contribution < -0.4 is 4.90 Å². The van der Waals surface area contributed by atoms with Gasteiger partial charge in [-0.25, -0.2) is 0 Å². The van der Waals surface area contributed by atoms with E-state index in [1.165, 1.54) is 11.8 Å². The molecule has 1 aromatic rings. The van der Waals surface area contributed by atoms with Crippen molar-refractivity contribution >= 4 is 28.4 Å². The van der Waals surface area contributed by atoms with E-state index in [2.05, 4.69) is 0 Å². The van der Waals surface area contributed by atoms with Gasteiger partial charge in [0.1, 0.15) is 0 Å². The number of rotatable bonds is 1. The number of benzene rings is 1. The zero-order valence-electron chi connectivity index (χ0n) is 8.70. The van der Waals surface area contributed by atoms with Crippen molar-refractivity contribution in [1.82, 2.24) is 0 Å². The quantitative estimate of drug-likeness (QED) is 0.580. The molecule has 0 aromatic heterocycles. The normalized spacial score (nSPS) is 14.3. The molecule has 1 amide bonds. The summed E-state index contributed by atoms with van der Waals surface area (Å²) < 4.78 is 0. The molecule has 1 heterocycles. The van der Waals surface area contributed by atoms with E-state index in [9.17, 15) is 4.79 Å². The number of carbonyl (C=O) groups excluding carboxylic acids is 1. The van der Waals surface area contributed by atoms with Crippen molar-refractivity contribution in [2.75, 3.05) is 18.2 Å². The number of nitrogens with one attached hydrogen (secondary N) is 1. The fourth-order valence-corrected chi connectivity index (χ4v) is 2.09. The first-order valence-electron chi connectivity index (χ1n) is 4.66. The molecule has 0 atom stereocenters. The fourth-order valence-electron chi connectivity index (χ4n) is 1.73. The Hall–Kier alpha value is -1.29. The third-order valence-corrected chi connectivity index (χ3v) is 3.27. The zero-order chi connectivity index (χ0) is 11.0. The Labute approximate surface area is 93.0 Å². The van der Waals surface area contributed by atoms with E-state index < -0.39 is 0 Å². The maximum Gasteiger partial charge on any atom is 0.231 e. The topological polar surface area (TPSA) is 44.2 Å². The zero-order valence-corrected chi connectivity index (χ0v) is 9.52. The molecule has 0 saturated carbocycles. The van der Waals surface area contributed by atoms with Gasteiger partial charge in [-0.15, -0.1) is 11.8 Å². The summed E-state index contributed by atoms with van der Waals surface area (Å²) in [6, 6.07) is 5.75. The minimum atomic E-state index is 0.123. The molecule has 0 fully saturated rings. The molecule has 3 nitrogen and oxygen atoms in total. The number of hydrogen-bond donors (Lipinski definition) is 1. The summed E-state index contributed by atoms with van der Waals surface area (Å²) in [6.45, 7) is 0. The van der Waals surface area contributed by atoms with E-state index in [1.807, 2.05) is 24.5 Å². The predicted octanol–water partition coefficient (Wildman–Crippen LogP) is 1.89. The molecule has 4 heteroatoms. The Kier molecular flexibility index (Phi) is 2.52. The van der Waals surface area contributed by atoms with E-state index in [4.69, 9.17) is 5.41 Å². The number of amides is 1. The molecule has 78 valence electrons. The highest BCUT2D eigenvalue weighted by molar-refractivity contribution is 8.13. The van der Waals surface area contributed by atoms with Gasteiger partial charge in [-0.1, -0.05) is 6.07 Å². The van der Waals surface area contributed by atoms with Crippen molar-refractivity contribution in [3.63, 3.8) is 0 Å². The standard InChI is InChI=1S/C11H12N2OS/c1-13-9-4-3-7(11(12)15-2)5-8(9)6-10(13)14/h3-5,12H,6H2,1-2H3. The van der Waals surface area contributed by atoms with Gasteiger partial charge >= 0.3 is 0 Å². The maximum atomic E-state index is 11.4. The van der Waals surface area contributed by atoms with Gasteiger partial charge in [-0.05, 0) is 24.0 Å². The predicted molar refractivity (Wildman–Crippen MR) is 63.9 cm³/mol. The van der Waals surface area contributed by atoms with Crippen LogP contribution in [-0.2, 0) is 11.2 Å². The largest absolute Gasteiger partial charge is 0.315 e. The van der Waals surface area contributed by atoms with Gasteiger partial charge in [0.25, 0.3) is 0 Å². The SMILES string of the molecule is CSC(=N)c1ccc2c(c1)CC(=O)N2C. The van der Waals surface area contributed by atoms with Gasteiger partial charge < -0.3 is 4.90 Å². The number of thioether (sulfide) groups is 1.